The highest BCUT2D eigenvalue weighted by Crippen LogP contribution is 2.27. The number of hydrogen-bond acceptors (Lipinski definition) is 3. The van der Waals surface area contributed by atoms with E-state index in [9.17, 15) is 14.7 Å². The zero-order valence-corrected chi connectivity index (χ0v) is 12.3. The number of amides is 1. The van der Waals surface area contributed by atoms with Gasteiger partial charge in [0.05, 0.1) is 5.60 Å². The molecule has 0 saturated carbocycles. The third kappa shape index (κ3) is 2.77. The van der Waals surface area contributed by atoms with Crippen LogP contribution in [0.25, 0.3) is 0 Å². The van der Waals surface area contributed by atoms with Crippen LogP contribution in [0.2, 0.25) is 0 Å². The first-order valence-corrected chi connectivity index (χ1v) is 7.07. The van der Waals surface area contributed by atoms with Crippen molar-refractivity contribution in [1.29, 1.82) is 0 Å². The van der Waals surface area contributed by atoms with Gasteiger partial charge in [-0.3, -0.25) is 9.59 Å². The number of pyridine rings is 1. The second-order valence-electron chi connectivity index (χ2n) is 5.80. The monoisotopic (exact) mass is 278 g/mol. The molecule has 0 aromatic carbocycles. The molecule has 0 unspecified atom stereocenters. The van der Waals surface area contributed by atoms with Crippen molar-refractivity contribution in [2.24, 2.45) is 5.92 Å². The topological polar surface area (TPSA) is 62.5 Å². The van der Waals surface area contributed by atoms with E-state index in [1.165, 1.54) is 6.07 Å². The number of piperidine rings is 1. The summed E-state index contributed by atoms with van der Waals surface area (Å²) in [5.74, 6) is -0.107. The summed E-state index contributed by atoms with van der Waals surface area (Å²) < 4.78 is 1.56. The SMILES string of the molecule is CCn1ccc(C(=O)N2CC[C@](C)(O)[C@H](C)C2)cc1=O. The minimum Gasteiger partial charge on any atom is -0.390 e. The Balaban J connectivity index is 2.16. The first kappa shape index (κ1) is 14.8. The van der Waals surface area contributed by atoms with Crippen LogP contribution in [0.4, 0.5) is 0 Å². The number of hydrogen-bond donors (Lipinski definition) is 1. The van der Waals surface area contributed by atoms with Gasteiger partial charge in [0.25, 0.3) is 11.5 Å². The molecule has 1 N–H and O–H groups in total. The molecule has 2 atom stereocenters. The zero-order chi connectivity index (χ0) is 14.9. The van der Waals surface area contributed by atoms with Crippen molar-refractivity contribution in [3.63, 3.8) is 0 Å². The molecule has 110 valence electrons. The summed E-state index contributed by atoms with van der Waals surface area (Å²) in [7, 11) is 0. The standard InChI is InChI=1S/C15H22N2O3/c1-4-16-7-5-12(9-13(16)18)14(19)17-8-6-15(3,20)11(2)10-17/h5,7,9,11,20H,4,6,8,10H2,1-3H3/t11-,15+/m1/s1. The van der Waals surface area contributed by atoms with E-state index in [4.69, 9.17) is 0 Å². The molecule has 5 nitrogen and oxygen atoms in total. The first-order valence-electron chi connectivity index (χ1n) is 7.07. The number of carbonyl (C=O) groups excluding carboxylic acids is 1. The lowest BCUT2D eigenvalue weighted by Crippen LogP contribution is -2.51. The lowest BCUT2D eigenvalue weighted by molar-refractivity contribution is -0.0439. The van der Waals surface area contributed by atoms with Crippen LogP contribution in [0.15, 0.2) is 23.1 Å². The van der Waals surface area contributed by atoms with Crippen LogP contribution < -0.4 is 5.56 Å². The molecule has 2 heterocycles. The molecule has 0 bridgehead atoms. The summed E-state index contributed by atoms with van der Waals surface area (Å²) in [4.78, 5) is 25.9. The normalized spacial score (nSPS) is 26.6. The van der Waals surface area contributed by atoms with Gasteiger partial charge < -0.3 is 14.6 Å². The fourth-order valence-electron chi connectivity index (χ4n) is 2.50. The van der Waals surface area contributed by atoms with Crippen molar-refractivity contribution in [1.82, 2.24) is 9.47 Å². The summed E-state index contributed by atoms with van der Waals surface area (Å²) >= 11 is 0. The lowest BCUT2D eigenvalue weighted by Gasteiger charge is -2.41. The third-order valence-electron chi connectivity index (χ3n) is 4.31. The van der Waals surface area contributed by atoms with Crippen molar-refractivity contribution in [3.05, 3.63) is 34.2 Å². The Kier molecular flexibility index (Phi) is 3.99. The molecule has 1 amide bonds. The minimum absolute atomic E-state index is 0.0243. The van der Waals surface area contributed by atoms with Crippen molar-refractivity contribution >= 4 is 5.91 Å². The van der Waals surface area contributed by atoms with E-state index >= 15 is 0 Å². The second-order valence-corrected chi connectivity index (χ2v) is 5.80. The molecule has 1 aromatic heterocycles. The molecule has 1 aromatic rings. The van der Waals surface area contributed by atoms with E-state index in [-0.39, 0.29) is 17.4 Å². The van der Waals surface area contributed by atoms with Gasteiger partial charge in [0, 0.05) is 43.4 Å². The number of aromatic nitrogens is 1. The number of aryl methyl sites for hydroxylation is 1. The molecule has 0 radical (unpaired) electrons. The molecule has 1 fully saturated rings. The van der Waals surface area contributed by atoms with E-state index in [0.29, 0.717) is 31.6 Å². The van der Waals surface area contributed by atoms with Crippen LogP contribution in [0.3, 0.4) is 0 Å². The summed E-state index contributed by atoms with van der Waals surface area (Å²) in [6, 6.07) is 3.08. The Hall–Kier alpha value is -1.62. The van der Waals surface area contributed by atoms with Gasteiger partial charge in [-0.1, -0.05) is 6.92 Å². The average molecular weight is 278 g/mol. The van der Waals surface area contributed by atoms with Gasteiger partial charge in [-0.05, 0) is 26.3 Å². The molecular weight excluding hydrogens is 256 g/mol. The number of rotatable bonds is 2. The van der Waals surface area contributed by atoms with Crippen LogP contribution in [-0.2, 0) is 6.54 Å². The highest BCUT2D eigenvalue weighted by atomic mass is 16.3. The Bertz CT molecular complexity index is 562. The Labute approximate surface area is 118 Å². The summed E-state index contributed by atoms with van der Waals surface area (Å²) in [5, 5.41) is 10.1. The average Bonchev–Trinajstić information content (AvgIpc) is 2.41. The minimum atomic E-state index is -0.720. The Morgan fingerprint density at radius 2 is 2.25 bits per heavy atom. The summed E-state index contributed by atoms with van der Waals surface area (Å²) in [5.41, 5.74) is -0.452. The molecule has 0 spiro atoms. The fourth-order valence-corrected chi connectivity index (χ4v) is 2.50. The maximum absolute atomic E-state index is 12.4. The molecule has 1 saturated heterocycles. The van der Waals surface area contributed by atoms with E-state index in [1.807, 2.05) is 20.8 Å². The van der Waals surface area contributed by atoms with E-state index in [2.05, 4.69) is 0 Å². The summed E-state index contributed by atoms with van der Waals surface area (Å²) in [6.45, 7) is 7.26. The smallest absolute Gasteiger partial charge is 0.254 e. The molecular formula is C15H22N2O3. The fraction of sp³-hybridized carbons (Fsp3) is 0.600. The number of nitrogens with zero attached hydrogens (tertiary/aromatic N) is 2. The quantitative estimate of drug-likeness (QED) is 0.881. The summed E-state index contributed by atoms with van der Waals surface area (Å²) in [6.07, 6.45) is 2.21. The maximum atomic E-state index is 12.4. The van der Waals surface area contributed by atoms with Gasteiger partial charge in [-0.2, -0.15) is 0 Å². The van der Waals surface area contributed by atoms with E-state index in [0.717, 1.165) is 0 Å². The van der Waals surface area contributed by atoms with Gasteiger partial charge in [0.2, 0.25) is 0 Å². The van der Waals surface area contributed by atoms with Crippen LogP contribution in [0, 0.1) is 5.92 Å². The maximum Gasteiger partial charge on any atom is 0.254 e. The third-order valence-corrected chi connectivity index (χ3v) is 4.31. The van der Waals surface area contributed by atoms with Crippen LogP contribution in [0.5, 0.6) is 0 Å². The number of likely N-dealkylation sites (tertiary alicyclic amines) is 1. The Morgan fingerprint density at radius 3 is 2.80 bits per heavy atom. The van der Waals surface area contributed by atoms with E-state index < -0.39 is 5.60 Å². The van der Waals surface area contributed by atoms with Gasteiger partial charge in [-0.15, -0.1) is 0 Å². The first-order chi connectivity index (χ1) is 9.35. The predicted molar refractivity (Wildman–Crippen MR) is 76.7 cm³/mol. The highest BCUT2D eigenvalue weighted by Gasteiger charge is 2.36. The van der Waals surface area contributed by atoms with Crippen molar-refractivity contribution in [2.75, 3.05) is 13.1 Å². The van der Waals surface area contributed by atoms with Crippen LogP contribution in [0.1, 0.15) is 37.6 Å². The predicted octanol–water partition coefficient (Wildman–Crippen LogP) is 1.10. The molecule has 1 aliphatic rings. The second kappa shape index (κ2) is 5.40. The van der Waals surface area contributed by atoms with Crippen molar-refractivity contribution in [2.45, 2.75) is 39.3 Å². The molecule has 20 heavy (non-hydrogen) atoms. The number of aliphatic hydroxyl groups is 1. The Morgan fingerprint density at radius 1 is 1.55 bits per heavy atom. The van der Waals surface area contributed by atoms with Crippen molar-refractivity contribution in [3.8, 4) is 0 Å². The molecule has 5 heteroatoms. The molecule has 0 aliphatic carbocycles. The molecule has 1 aliphatic heterocycles. The van der Waals surface area contributed by atoms with Gasteiger partial charge in [0.1, 0.15) is 0 Å². The van der Waals surface area contributed by atoms with Gasteiger partial charge >= 0.3 is 0 Å². The van der Waals surface area contributed by atoms with Crippen LogP contribution >= 0.6 is 0 Å². The lowest BCUT2D eigenvalue weighted by atomic mass is 9.84. The van der Waals surface area contributed by atoms with Crippen molar-refractivity contribution < 1.29 is 9.90 Å². The molecule has 2 rings (SSSR count). The zero-order valence-electron chi connectivity index (χ0n) is 12.3. The highest BCUT2D eigenvalue weighted by molar-refractivity contribution is 5.94. The van der Waals surface area contributed by atoms with Gasteiger partial charge in [0.15, 0.2) is 0 Å². The number of carbonyl (C=O) groups is 1. The van der Waals surface area contributed by atoms with Crippen LogP contribution in [-0.4, -0.2) is 39.2 Å². The van der Waals surface area contributed by atoms with Gasteiger partial charge in [-0.25, -0.2) is 0 Å². The van der Waals surface area contributed by atoms with E-state index in [1.54, 1.807) is 21.7 Å². The largest absolute Gasteiger partial charge is 0.390 e.